The van der Waals surface area contributed by atoms with Gasteiger partial charge in [-0.3, -0.25) is 0 Å². The molecule has 0 fully saturated rings. The second kappa shape index (κ2) is 9.37. The molecule has 1 N–H and O–H groups in total. The van der Waals surface area contributed by atoms with Crippen molar-refractivity contribution in [3.05, 3.63) is 29.8 Å². The second-order valence-corrected chi connectivity index (χ2v) is 4.35. The maximum Gasteiger partial charge on any atom is 0.120 e. The molecule has 0 atom stereocenters. The standard InChI is InChI=1S/C15H22N2O2/c1-2-17(8-4-10-18)9-5-11-19-15-7-3-6-14(12-15)13-16/h3,6-7,12,18H,2,4-5,8-11H2,1H3. The molecule has 0 aliphatic rings. The zero-order chi connectivity index (χ0) is 13.9. The van der Waals surface area contributed by atoms with Gasteiger partial charge in [0.2, 0.25) is 0 Å². The van der Waals surface area contributed by atoms with Crippen LogP contribution < -0.4 is 4.74 Å². The van der Waals surface area contributed by atoms with E-state index in [-0.39, 0.29) is 6.61 Å². The van der Waals surface area contributed by atoms with Crippen LogP contribution in [0.3, 0.4) is 0 Å². The van der Waals surface area contributed by atoms with Crippen LogP contribution in [0, 0.1) is 11.3 Å². The smallest absolute Gasteiger partial charge is 0.120 e. The summed E-state index contributed by atoms with van der Waals surface area (Å²) in [5.41, 5.74) is 0.621. The number of aliphatic hydroxyl groups excluding tert-OH is 1. The number of nitrogens with zero attached hydrogens (tertiary/aromatic N) is 2. The molecule has 0 saturated heterocycles. The van der Waals surface area contributed by atoms with E-state index in [1.165, 1.54) is 0 Å². The van der Waals surface area contributed by atoms with Crippen LogP contribution >= 0.6 is 0 Å². The molecule has 0 radical (unpaired) electrons. The molecule has 4 nitrogen and oxygen atoms in total. The summed E-state index contributed by atoms with van der Waals surface area (Å²) < 4.78 is 5.62. The van der Waals surface area contributed by atoms with E-state index in [2.05, 4.69) is 17.9 Å². The van der Waals surface area contributed by atoms with Gasteiger partial charge in [0.05, 0.1) is 18.2 Å². The molecular formula is C15H22N2O2. The van der Waals surface area contributed by atoms with Gasteiger partial charge in [-0.05, 0) is 37.6 Å². The highest BCUT2D eigenvalue weighted by molar-refractivity contribution is 5.36. The zero-order valence-electron chi connectivity index (χ0n) is 11.5. The van der Waals surface area contributed by atoms with Gasteiger partial charge in [-0.1, -0.05) is 13.0 Å². The van der Waals surface area contributed by atoms with Crippen LogP contribution in [-0.4, -0.2) is 42.9 Å². The van der Waals surface area contributed by atoms with Crippen LogP contribution in [0.2, 0.25) is 0 Å². The van der Waals surface area contributed by atoms with Crippen LogP contribution in [0.1, 0.15) is 25.3 Å². The number of hydrogen-bond acceptors (Lipinski definition) is 4. The Kier molecular flexibility index (Phi) is 7.64. The zero-order valence-corrected chi connectivity index (χ0v) is 11.5. The highest BCUT2D eigenvalue weighted by Crippen LogP contribution is 2.12. The van der Waals surface area contributed by atoms with Crippen molar-refractivity contribution in [1.29, 1.82) is 5.26 Å². The minimum absolute atomic E-state index is 0.244. The molecule has 19 heavy (non-hydrogen) atoms. The maximum absolute atomic E-state index is 8.80. The lowest BCUT2D eigenvalue weighted by Crippen LogP contribution is -2.27. The lowest BCUT2D eigenvalue weighted by molar-refractivity contribution is 0.213. The lowest BCUT2D eigenvalue weighted by Gasteiger charge is -2.19. The summed E-state index contributed by atoms with van der Waals surface area (Å²) in [6.07, 6.45) is 1.76. The summed E-state index contributed by atoms with van der Waals surface area (Å²) in [6.45, 7) is 5.89. The Morgan fingerprint density at radius 1 is 1.32 bits per heavy atom. The van der Waals surface area contributed by atoms with E-state index in [0.717, 1.165) is 38.2 Å². The number of benzene rings is 1. The van der Waals surface area contributed by atoms with Crippen molar-refractivity contribution in [3.63, 3.8) is 0 Å². The highest BCUT2D eigenvalue weighted by atomic mass is 16.5. The Labute approximate surface area is 115 Å². The summed E-state index contributed by atoms with van der Waals surface area (Å²) >= 11 is 0. The monoisotopic (exact) mass is 262 g/mol. The van der Waals surface area contributed by atoms with E-state index in [4.69, 9.17) is 15.1 Å². The molecule has 1 aromatic carbocycles. The highest BCUT2D eigenvalue weighted by Gasteiger charge is 2.02. The summed E-state index contributed by atoms with van der Waals surface area (Å²) in [5, 5.41) is 17.6. The Morgan fingerprint density at radius 2 is 2.11 bits per heavy atom. The predicted octanol–water partition coefficient (Wildman–Crippen LogP) is 2.03. The molecule has 0 aromatic heterocycles. The summed E-state index contributed by atoms with van der Waals surface area (Å²) in [7, 11) is 0. The summed E-state index contributed by atoms with van der Waals surface area (Å²) in [6, 6.07) is 9.31. The third-order valence-electron chi connectivity index (χ3n) is 2.93. The fourth-order valence-corrected chi connectivity index (χ4v) is 1.86. The van der Waals surface area contributed by atoms with Crippen LogP contribution in [0.4, 0.5) is 0 Å². The molecule has 1 rings (SSSR count). The molecule has 1 aromatic rings. The van der Waals surface area contributed by atoms with Crippen LogP contribution in [0.5, 0.6) is 5.75 Å². The second-order valence-electron chi connectivity index (χ2n) is 4.35. The van der Waals surface area contributed by atoms with E-state index in [1.54, 1.807) is 12.1 Å². The van der Waals surface area contributed by atoms with Crippen molar-refractivity contribution in [1.82, 2.24) is 4.90 Å². The van der Waals surface area contributed by atoms with E-state index in [9.17, 15) is 0 Å². The molecule has 0 saturated carbocycles. The molecule has 0 heterocycles. The number of aliphatic hydroxyl groups is 1. The predicted molar refractivity (Wildman–Crippen MR) is 75.1 cm³/mol. The van der Waals surface area contributed by atoms with Gasteiger partial charge in [0.15, 0.2) is 0 Å². The fraction of sp³-hybridized carbons (Fsp3) is 0.533. The quantitative estimate of drug-likeness (QED) is 0.692. The first kappa shape index (κ1) is 15.5. The molecular weight excluding hydrogens is 240 g/mol. The van der Waals surface area contributed by atoms with Gasteiger partial charge < -0.3 is 14.7 Å². The van der Waals surface area contributed by atoms with Gasteiger partial charge in [-0.25, -0.2) is 0 Å². The van der Waals surface area contributed by atoms with Crippen molar-refractivity contribution in [2.75, 3.05) is 32.8 Å². The average molecular weight is 262 g/mol. The van der Waals surface area contributed by atoms with Crippen LogP contribution in [0.15, 0.2) is 24.3 Å². The molecule has 0 aliphatic heterocycles. The number of nitriles is 1. The number of hydrogen-bond donors (Lipinski definition) is 1. The molecule has 0 aliphatic carbocycles. The molecule has 4 heteroatoms. The fourth-order valence-electron chi connectivity index (χ4n) is 1.86. The maximum atomic E-state index is 8.80. The van der Waals surface area contributed by atoms with Crippen molar-refractivity contribution in [2.45, 2.75) is 19.8 Å². The minimum atomic E-state index is 0.244. The number of rotatable bonds is 9. The van der Waals surface area contributed by atoms with Crippen LogP contribution in [-0.2, 0) is 0 Å². The normalized spacial score (nSPS) is 10.4. The molecule has 0 bridgehead atoms. The van der Waals surface area contributed by atoms with Gasteiger partial charge in [-0.2, -0.15) is 5.26 Å². The SMILES string of the molecule is CCN(CCCO)CCCOc1cccc(C#N)c1. The average Bonchev–Trinajstić information content (AvgIpc) is 2.47. The van der Waals surface area contributed by atoms with Gasteiger partial charge in [0.1, 0.15) is 5.75 Å². The molecule has 0 spiro atoms. The van der Waals surface area contributed by atoms with E-state index in [1.807, 2.05) is 12.1 Å². The first-order chi connectivity index (χ1) is 9.30. The van der Waals surface area contributed by atoms with Crippen molar-refractivity contribution < 1.29 is 9.84 Å². The Balaban J connectivity index is 2.24. The summed E-state index contributed by atoms with van der Waals surface area (Å²) in [5.74, 6) is 0.748. The van der Waals surface area contributed by atoms with Gasteiger partial charge >= 0.3 is 0 Å². The largest absolute Gasteiger partial charge is 0.494 e. The topological polar surface area (TPSA) is 56.5 Å². The van der Waals surface area contributed by atoms with E-state index >= 15 is 0 Å². The van der Waals surface area contributed by atoms with E-state index < -0.39 is 0 Å². The van der Waals surface area contributed by atoms with E-state index in [0.29, 0.717) is 12.2 Å². The molecule has 104 valence electrons. The minimum Gasteiger partial charge on any atom is -0.494 e. The molecule has 0 amide bonds. The van der Waals surface area contributed by atoms with Gasteiger partial charge in [-0.15, -0.1) is 0 Å². The van der Waals surface area contributed by atoms with Crippen molar-refractivity contribution in [3.8, 4) is 11.8 Å². The Bertz CT molecular complexity index is 401. The van der Waals surface area contributed by atoms with Gasteiger partial charge in [0.25, 0.3) is 0 Å². The van der Waals surface area contributed by atoms with Crippen LogP contribution in [0.25, 0.3) is 0 Å². The third kappa shape index (κ3) is 6.23. The third-order valence-corrected chi connectivity index (χ3v) is 2.93. The van der Waals surface area contributed by atoms with Crippen molar-refractivity contribution >= 4 is 0 Å². The summed E-state index contributed by atoms with van der Waals surface area (Å²) in [4.78, 5) is 2.30. The Morgan fingerprint density at radius 3 is 2.79 bits per heavy atom. The molecule has 0 unspecified atom stereocenters. The number of ether oxygens (including phenoxy) is 1. The Hall–Kier alpha value is -1.57. The first-order valence-corrected chi connectivity index (χ1v) is 6.76. The van der Waals surface area contributed by atoms with Gasteiger partial charge in [0, 0.05) is 19.7 Å². The van der Waals surface area contributed by atoms with Crippen molar-refractivity contribution in [2.24, 2.45) is 0 Å². The lowest BCUT2D eigenvalue weighted by atomic mass is 10.2. The first-order valence-electron chi connectivity index (χ1n) is 6.76.